The number of pyridine rings is 1. The van der Waals surface area contributed by atoms with Gasteiger partial charge in [0.25, 0.3) is 0 Å². The smallest absolute Gasteiger partial charge is 0.348 e. The average molecular weight is 454 g/mol. The molecule has 1 N–H and O–H groups in total. The molecule has 5 aromatic rings. The zero-order chi connectivity index (χ0) is 23.7. The van der Waals surface area contributed by atoms with Gasteiger partial charge in [0.05, 0.1) is 38.2 Å². The molecule has 3 aromatic carbocycles. The van der Waals surface area contributed by atoms with Crippen LogP contribution in [-0.4, -0.2) is 41.1 Å². The minimum absolute atomic E-state index is 0.323. The number of methoxy groups -OCH3 is 3. The van der Waals surface area contributed by atoms with Crippen LogP contribution in [0.15, 0.2) is 77.6 Å². The van der Waals surface area contributed by atoms with E-state index >= 15 is 0 Å². The first-order valence-electron chi connectivity index (χ1n) is 10.6. The van der Waals surface area contributed by atoms with E-state index in [1.165, 1.54) is 0 Å². The molecule has 8 nitrogen and oxygen atoms in total. The number of aromatic amines is 1. The van der Waals surface area contributed by atoms with Crippen LogP contribution < -0.4 is 19.9 Å². The lowest BCUT2D eigenvalue weighted by molar-refractivity contribution is 0.324. The molecule has 0 amide bonds. The quantitative estimate of drug-likeness (QED) is 0.407. The summed E-state index contributed by atoms with van der Waals surface area (Å²) in [7, 11) is 4.71. The number of benzene rings is 3. The Kier molecular flexibility index (Phi) is 5.47. The number of para-hydroxylation sites is 2. The Morgan fingerprint density at radius 2 is 1.50 bits per heavy atom. The van der Waals surface area contributed by atoms with Crippen LogP contribution in [0, 0.1) is 0 Å². The summed E-state index contributed by atoms with van der Waals surface area (Å²) >= 11 is 0. The van der Waals surface area contributed by atoms with E-state index in [0.717, 1.165) is 22.0 Å². The number of H-pyrrole nitrogens is 1. The van der Waals surface area contributed by atoms with Crippen LogP contribution in [0.25, 0.3) is 39.2 Å². The molecule has 0 saturated heterocycles. The first kappa shape index (κ1) is 21.3. The van der Waals surface area contributed by atoms with Gasteiger partial charge in [-0.3, -0.25) is 0 Å². The predicted octanol–water partition coefficient (Wildman–Crippen LogP) is 4.47. The van der Waals surface area contributed by atoms with Gasteiger partial charge in [0, 0.05) is 16.5 Å². The van der Waals surface area contributed by atoms with Crippen molar-refractivity contribution in [3.63, 3.8) is 0 Å². The van der Waals surface area contributed by atoms with Crippen LogP contribution in [-0.2, 0) is 0 Å². The SMILES string of the molecule is COc1cc(-c2cc(-c3n[nH]c(=O)n3-c3ccccc3)c3ccccc3n2)cc(OC)c1OC. The van der Waals surface area contributed by atoms with Crippen molar-refractivity contribution in [3.05, 3.63) is 83.3 Å². The fourth-order valence-electron chi connectivity index (χ4n) is 4.03. The Hall–Kier alpha value is -4.59. The van der Waals surface area contributed by atoms with E-state index in [9.17, 15) is 4.79 Å². The standard InChI is InChI=1S/C26H22N4O4/c1-32-22-13-16(14-23(33-2)24(22)34-3)21-15-19(18-11-7-8-12-20(18)27-21)25-28-29-26(31)30(25)17-9-5-4-6-10-17/h4-15H,1-3H3,(H,29,31). The second-order valence-corrected chi connectivity index (χ2v) is 7.51. The Morgan fingerprint density at radius 1 is 0.824 bits per heavy atom. The molecule has 0 fully saturated rings. The highest BCUT2D eigenvalue weighted by atomic mass is 16.5. The topological polar surface area (TPSA) is 91.3 Å². The number of ether oxygens (including phenoxy) is 3. The molecule has 0 unspecified atom stereocenters. The lowest BCUT2D eigenvalue weighted by atomic mass is 10.0. The molecule has 0 aliphatic carbocycles. The largest absolute Gasteiger partial charge is 0.493 e. The molecule has 0 aliphatic heterocycles. The molecular weight excluding hydrogens is 432 g/mol. The highest BCUT2D eigenvalue weighted by Gasteiger charge is 2.19. The number of nitrogens with zero attached hydrogens (tertiary/aromatic N) is 3. The van der Waals surface area contributed by atoms with Gasteiger partial charge < -0.3 is 14.2 Å². The summed E-state index contributed by atoms with van der Waals surface area (Å²) < 4.78 is 18.1. The van der Waals surface area contributed by atoms with E-state index in [1.54, 1.807) is 25.9 Å². The van der Waals surface area contributed by atoms with Crippen molar-refractivity contribution < 1.29 is 14.2 Å². The number of hydrogen-bond donors (Lipinski definition) is 1. The van der Waals surface area contributed by atoms with Crippen molar-refractivity contribution in [1.29, 1.82) is 0 Å². The minimum atomic E-state index is -0.323. The summed E-state index contributed by atoms with van der Waals surface area (Å²) in [4.78, 5) is 17.6. The van der Waals surface area contributed by atoms with Crippen LogP contribution in [0.4, 0.5) is 0 Å². The van der Waals surface area contributed by atoms with E-state index in [-0.39, 0.29) is 5.69 Å². The summed E-state index contributed by atoms with van der Waals surface area (Å²) in [6.45, 7) is 0. The van der Waals surface area contributed by atoms with E-state index in [1.807, 2.05) is 72.8 Å². The van der Waals surface area contributed by atoms with Crippen LogP contribution in [0.2, 0.25) is 0 Å². The maximum absolute atomic E-state index is 12.7. The van der Waals surface area contributed by atoms with Gasteiger partial charge in [0.15, 0.2) is 17.3 Å². The van der Waals surface area contributed by atoms with Crippen LogP contribution in [0.3, 0.4) is 0 Å². The first-order valence-corrected chi connectivity index (χ1v) is 10.6. The fraction of sp³-hybridized carbons (Fsp3) is 0.115. The molecule has 0 aliphatic rings. The molecule has 170 valence electrons. The molecule has 2 aromatic heterocycles. The highest BCUT2D eigenvalue weighted by molar-refractivity contribution is 5.95. The fourth-order valence-corrected chi connectivity index (χ4v) is 4.03. The maximum atomic E-state index is 12.7. The number of aromatic nitrogens is 4. The Balaban J connectivity index is 1.79. The molecule has 0 radical (unpaired) electrons. The second-order valence-electron chi connectivity index (χ2n) is 7.51. The lowest BCUT2D eigenvalue weighted by Crippen LogP contribution is -2.15. The van der Waals surface area contributed by atoms with E-state index in [2.05, 4.69) is 10.2 Å². The molecular formula is C26H22N4O4. The van der Waals surface area contributed by atoms with Crippen LogP contribution in [0.1, 0.15) is 0 Å². The third-order valence-electron chi connectivity index (χ3n) is 5.60. The Morgan fingerprint density at radius 3 is 2.18 bits per heavy atom. The molecule has 34 heavy (non-hydrogen) atoms. The van der Waals surface area contributed by atoms with Crippen molar-refractivity contribution in [2.45, 2.75) is 0 Å². The van der Waals surface area contributed by atoms with Crippen molar-refractivity contribution in [2.75, 3.05) is 21.3 Å². The van der Waals surface area contributed by atoms with Gasteiger partial charge in [-0.05, 0) is 36.4 Å². The maximum Gasteiger partial charge on any atom is 0.348 e. The summed E-state index contributed by atoms with van der Waals surface area (Å²) in [5.74, 6) is 2.03. The Bertz CT molecular complexity index is 1520. The number of fused-ring (bicyclic) bond motifs is 1. The molecule has 0 saturated carbocycles. The minimum Gasteiger partial charge on any atom is -0.493 e. The summed E-state index contributed by atoms with van der Waals surface area (Å²) in [6.07, 6.45) is 0. The molecule has 0 spiro atoms. The first-order chi connectivity index (χ1) is 16.6. The summed E-state index contributed by atoms with van der Waals surface area (Å²) in [6, 6.07) is 22.7. The number of hydrogen-bond acceptors (Lipinski definition) is 6. The Labute approximate surface area is 195 Å². The predicted molar refractivity (Wildman–Crippen MR) is 130 cm³/mol. The average Bonchev–Trinajstić information content (AvgIpc) is 3.28. The molecule has 0 bridgehead atoms. The van der Waals surface area contributed by atoms with E-state index < -0.39 is 0 Å². The number of rotatable bonds is 6. The third kappa shape index (κ3) is 3.55. The van der Waals surface area contributed by atoms with Crippen molar-refractivity contribution in [2.24, 2.45) is 0 Å². The zero-order valence-corrected chi connectivity index (χ0v) is 18.9. The lowest BCUT2D eigenvalue weighted by Gasteiger charge is -2.15. The molecule has 0 atom stereocenters. The van der Waals surface area contributed by atoms with Gasteiger partial charge >= 0.3 is 5.69 Å². The van der Waals surface area contributed by atoms with Crippen LogP contribution in [0.5, 0.6) is 17.2 Å². The third-order valence-corrected chi connectivity index (χ3v) is 5.60. The van der Waals surface area contributed by atoms with E-state index in [4.69, 9.17) is 19.2 Å². The van der Waals surface area contributed by atoms with Gasteiger partial charge in [0.1, 0.15) is 0 Å². The highest BCUT2D eigenvalue weighted by Crippen LogP contribution is 2.42. The second kappa shape index (κ2) is 8.74. The normalized spacial score (nSPS) is 10.9. The van der Waals surface area contributed by atoms with Gasteiger partial charge in [-0.1, -0.05) is 36.4 Å². The van der Waals surface area contributed by atoms with E-state index in [0.29, 0.717) is 34.5 Å². The van der Waals surface area contributed by atoms with Gasteiger partial charge in [-0.25, -0.2) is 19.4 Å². The molecule has 8 heteroatoms. The number of nitrogens with one attached hydrogen (secondary N) is 1. The molecule has 2 heterocycles. The summed E-state index contributed by atoms with van der Waals surface area (Å²) in [5.41, 5.74) is 3.35. The van der Waals surface area contributed by atoms with Crippen molar-refractivity contribution in [3.8, 4) is 45.6 Å². The molecule has 5 rings (SSSR count). The zero-order valence-electron chi connectivity index (χ0n) is 18.9. The van der Waals surface area contributed by atoms with Gasteiger partial charge in [-0.15, -0.1) is 0 Å². The van der Waals surface area contributed by atoms with Crippen molar-refractivity contribution in [1.82, 2.24) is 19.7 Å². The van der Waals surface area contributed by atoms with Crippen LogP contribution >= 0.6 is 0 Å². The monoisotopic (exact) mass is 454 g/mol. The summed E-state index contributed by atoms with van der Waals surface area (Å²) in [5, 5.41) is 7.83. The van der Waals surface area contributed by atoms with Crippen molar-refractivity contribution >= 4 is 10.9 Å². The van der Waals surface area contributed by atoms with Gasteiger partial charge in [-0.2, -0.15) is 5.10 Å². The van der Waals surface area contributed by atoms with Gasteiger partial charge in [0.2, 0.25) is 5.75 Å².